The lowest BCUT2D eigenvalue weighted by molar-refractivity contribution is -0.305. The summed E-state index contributed by atoms with van der Waals surface area (Å²) in [6.45, 7) is 14.7. The molecule has 0 radical (unpaired) electrons. The molecule has 4 N–H and O–H groups in total. The van der Waals surface area contributed by atoms with E-state index >= 15 is 0 Å². The van der Waals surface area contributed by atoms with Crippen molar-refractivity contribution in [1.29, 1.82) is 0 Å². The highest BCUT2D eigenvalue weighted by atomic mass is 16.6. The quantitative estimate of drug-likeness (QED) is 0.338. The van der Waals surface area contributed by atoms with Crippen LogP contribution in [0.15, 0.2) is 48.1 Å². The van der Waals surface area contributed by atoms with E-state index in [1.807, 2.05) is 20.8 Å². The monoisotopic (exact) mass is 506 g/mol. The first-order valence-corrected chi connectivity index (χ1v) is 13.0. The lowest BCUT2D eigenvalue weighted by atomic mass is 9.83. The molecule has 1 saturated heterocycles. The maximum Gasteiger partial charge on any atom is 0.330 e. The van der Waals surface area contributed by atoms with Gasteiger partial charge in [-0.2, -0.15) is 0 Å². The number of esters is 1. The van der Waals surface area contributed by atoms with Gasteiger partial charge in [-0.05, 0) is 58.3 Å². The number of ether oxygens (including phenoxy) is 2. The van der Waals surface area contributed by atoms with Crippen LogP contribution < -0.4 is 0 Å². The van der Waals surface area contributed by atoms with E-state index in [0.717, 1.165) is 5.57 Å². The summed E-state index contributed by atoms with van der Waals surface area (Å²) in [4.78, 5) is 12.8. The van der Waals surface area contributed by atoms with Crippen LogP contribution in [-0.4, -0.2) is 62.2 Å². The number of hydrogen-bond acceptors (Lipinski definition) is 7. The lowest BCUT2D eigenvalue weighted by Gasteiger charge is -2.45. The van der Waals surface area contributed by atoms with Crippen LogP contribution in [-0.2, 0) is 14.3 Å². The van der Waals surface area contributed by atoms with Gasteiger partial charge in [0.1, 0.15) is 11.7 Å². The van der Waals surface area contributed by atoms with Gasteiger partial charge in [0.2, 0.25) is 5.79 Å². The SMILES string of the molecule is C=C1C[C@@H]2C/C=C\[C@H](O)[C@H](C)/C(C)=C\C(=O)O[C@@H](C[C@@H](C)[C@H](C)O)[C@@H](C)C/C=C\[C@@](C)(O)[C@](O)(C1)O2. The van der Waals surface area contributed by atoms with E-state index in [4.69, 9.17) is 9.47 Å². The minimum absolute atomic E-state index is 0.0922. The van der Waals surface area contributed by atoms with E-state index in [1.165, 1.54) is 19.1 Å². The average molecular weight is 507 g/mol. The first-order valence-electron chi connectivity index (χ1n) is 13.0. The second-order valence-electron chi connectivity index (χ2n) is 11.2. The van der Waals surface area contributed by atoms with Gasteiger partial charge in [-0.1, -0.05) is 62.8 Å². The molecular weight excluding hydrogens is 460 g/mol. The topological polar surface area (TPSA) is 116 Å². The summed E-state index contributed by atoms with van der Waals surface area (Å²) in [5, 5.41) is 43.1. The number of aliphatic hydroxyl groups excluding tert-OH is 2. The van der Waals surface area contributed by atoms with Crippen molar-refractivity contribution in [3.05, 3.63) is 48.1 Å². The first kappa shape index (κ1) is 30.5. The van der Waals surface area contributed by atoms with Crippen LogP contribution in [0.4, 0.5) is 0 Å². The Bertz CT molecular complexity index is 856. The lowest BCUT2D eigenvalue weighted by Crippen LogP contribution is -2.56. The molecule has 7 heteroatoms. The van der Waals surface area contributed by atoms with Crippen LogP contribution in [0, 0.1) is 17.8 Å². The standard InChI is InChI=1S/C29H46O7/c1-18-14-24-11-8-12-25(31)22(5)20(3)16-27(32)35-26(15-21(4)23(6)30)19(2)10-9-13-28(7,33)29(34,17-18)36-24/h8-9,12-13,16,19,21-26,30-31,33-34H,1,10-11,14-15,17H2,2-7H3/b12-8-,13-9-,20-16-/t19-,21+,22+,23-,24-,25-,26-,28+,29-/m0/s1. The van der Waals surface area contributed by atoms with Gasteiger partial charge < -0.3 is 29.9 Å². The number of aliphatic hydroxyl groups is 4. The zero-order valence-corrected chi connectivity index (χ0v) is 22.7. The Morgan fingerprint density at radius 1 is 1.19 bits per heavy atom. The zero-order chi connectivity index (χ0) is 27.3. The van der Waals surface area contributed by atoms with Gasteiger partial charge in [-0.3, -0.25) is 0 Å². The third kappa shape index (κ3) is 8.12. The second kappa shape index (κ2) is 12.7. The molecular formula is C29H46O7. The molecule has 0 spiro atoms. The molecule has 0 amide bonds. The molecule has 0 aromatic heterocycles. The molecule has 0 unspecified atom stereocenters. The second-order valence-corrected chi connectivity index (χ2v) is 11.2. The van der Waals surface area contributed by atoms with Gasteiger partial charge in [-0.25, -0.2) is 4.79 Å². The fourth-order valence-electron chi connectivity index (χ4n) is 4.58. The number of allylic oxidation sites excluding steroid dienone is 1. The number of cyclic esters (lactones) is 1. The predicted molar refractivity (Wildman–Crippen MR) is 140 cm³/mol. The number of rotatable bonds is 3. The Labute approximate surface area is 216 Å². The van der Waals surface area contributed by atoms with Crippen LogP contribution in [0.2, 0.25) is 0 Å². The van der Waals surface area contributed by atoms with Crippen molar-refractivity contribution in [1.82, 2.24) is 0 Å². The summed E-state index contributed by atoms with van der Waals surface area (Å²) >= 11 is 0. The van der Waals surface area contributed by atoms with Crippen molar-refractivity contribution >= 4 is 5.97 Å². The van der Waals surface area contributed by atoms with E-state index < -0.39 is 41.8 Å². The highest BCUT2D eigenvalue weighted by Crippen LogP contribution is 2.39. The van der Waals surface area contributed by atoms with Crippen molar-refractivity contribution in [2.24, 2.45) is 17.8 Å². The van der Waals surface area contributed by atoms with Gasteiger partial charge in [-0.15, -0.1) is 0 Å². The van der Waals surface area contributed by atoms with Crippen LogP contribution in [0.25, 0.3) is 0 Å². The Kier molecular flexibility index (Phi) is 10.7. The van der Waals surface area contributed by atoms with Crippen LogP contribution in [0.3, 0.4) is 0 Å². The molecule has 0 saturated carbocycles. The Hall–Kier alpha value is -1.77. The van der Waals surface area contributed by atoms with E-state index in [-0.39, 0.29) is 24.2 Å². The van der Waals surface area contributed by atoms with Gasteiger partial charge in [0.05, 0.1) is 18.3 Å². The summed E-state index contributed by atoms with van der Waals surface area (Å²) in [7, 11) is 0. The third-order valence-corrected chi connectivity index (χ3v) is 7.75. The summed E-state index contributed by atoms with van der Waals surface area (Å²) in [6.07, 6.45) is 7.94. The smallest absolute Gasteiger partial charge is 0.330 e. The molecule has 7 nitrogen and oxygen atoms in total. The molecule has 36 heavy (non-hydrogen) atoms. The van der Waals surface area contributed by atoms with Gasteiger partial charge >= 0.3 is 5.97 Å². The van der Waals surface area contributed by atoms with Crippen molar-refractivity contribution in [2.75, 3.05) is 0 Å². The highest BCUT2D eigenvalue weighted by molar-refractivity contribution is 5.83. The Balaban J connectivity index is 2.41. The number of fused-ring (bicyclic) bond motifs is 2. The molecule has 204 valence electrons. The molecule has 2 heterocycles. The first-order chi connectivity index (χ1) is 16.6. The highest BCUT2D eigenvalue weighted by Gasteiger charge is 2.49. The van der Waals surface area contributed by atoms with E-state index in [1.54, 1.807) is 32.1 Å². The average Bonchev–Trinajstić information content (AvgIpc) is 2.76. The molecule has 1 fully saturated rings. The number of hydrogen-bond donors (Lipinski definition) is 4. The normalized spacial score (nSPS) is 42.2. The fraction of sp³-hybridized carbons (Fsp3) is 0.690. The van der Waals surface area contributed by atoms with E-state index in [2.05, 4.69) is 6.58 Å². The minimum Gasteiger partial charge on any atom is -0.459 e. The minimum atomic E-state index is -1.84. The van der Waals surface area contributed by atoms with E-state index in [9.17, 15) is 25.2 Å². The molecule has 2 bridgehead atoms. The molecule has 2 aliphatic rings. The predicted octanol–water partition coefficient (Wildman–Crippen LogP) is 3.97. The van der Waals surface area contributed by atoms with Crippen LogP contribution in [0.5, 0.6) is 0 Å². The molecule has 0 aromatic rings. The maximum absolute atomic E-state index is 12.8. The molecule has 2 rings (SSSR count). The fourth-order valence-corrected chi connectivity index (χ4v) is 4.58. The maximum atomic E-state index is 12.8. The van der Waals surface area contributed by atoms with Crippen molar-refractivity contribution in [2.45, 2.75) is 109 Å². The molecule has 2 aliphatic heterocycles. The third-order valence-electron chi connectivity index (χ3n) is 7.75. The van der Waals surface area contributed by atoms with Crippen molar-refractivity contribution < 1.29 is 34.7 Å². The summed E-state index contributed by atoms with van der Waals surface area (Å²) < 4.78 is 11.8. The Morgan fingerprint density at radius 2 is 1.86 bits per heavy atom. The van der Waals surface area contributed by atoms with Crippen LogP contribution >= 0.6 is 0 Å². The summed E-state index contributed by atoms with van der Waals surface area (Å²) in [5.41, 5.74) is -0.206. The van der Waals surface area contributed by atoms with E-state index in [0.29, 0.717) is 31.3 Å². The van der Waals surface area contributed by atoms with Gasteiger partial charge in [0, 0.05) is 18.4 Å². The number of carbonyl (C=O) groups is 1. The van der Waals surface area contributed by atoms with Crippen molar-refractivity contribution in [3.8, 4) is 0 Å². The van der Waals surface area contributed by atoms with Crippen molar-refractivity contribution in [3.63, 3.8) is 0 Å². The van der Waals surface area contributed by atoms with Gasteiger partial charge in [0.25, 0.3) is 0 Å². The number of carbonyl (C=O) groups excluding carboxylic acids is 1. The zero-order valence-electron chi connectivity index (χ0n) is 22.7. The molecule has 9 atom stereocenters. The largest absolute Gasteiger partial charge is 0.459 e. The summed E-state index contributed by atoms with van der Waals surface area (Å²) in [5.74, 6) is -2.86. The Morgan fingerprint density at radius 3 is 2.50 bits per heavy atom. The van der Waals surface area contributed by atoms with Gasteiger partial charge in [0.15, 0.2) is 0 Å². The molecule has 0 aromatic carbocycles. The summed E-state index contributed by atoms with van der Waals surface area (Å²) in [6, 6.07) is 0. The molecule has 0 aliphatic carbocycles. The van der Waals surface area contributed by atoms with Crippen LogP contribution in [0.1, 0.15) is 73.6 Å².